The van der Waals surface area contributed by atoms with Crippen LogP contribution in [0.5, 0.6) is 0 Å². The predicted octanol–water partition coefficient (Wildman–Crippen LogP) is 5.42. The van der Waals surface area contributed by atoms with Crippen molar-refractivity contribution in [1.82, 2.24) is 24.4 Å². The minimum absolute atomic E-state index is 0.0414. The van der Waals surface area contributed by atoms with Crippen molar-refractivity contribution in [2.75, 3.05) is 29.5 Å². The molecular weight excluding hydrogens is 591 g/mol. The smallest absolute Gasteiger partial charge is 0.349 e. The van der Waals surface area contributed by atoms with Gasteiger partial charge in [0, 0.05) is 40.6 Å². The number of halogens is 2. The van der Waals surface area contributed by atoms with Crippen molar-refractivity contribution < 1.29 is 13.6 Å². The number of thioether (sulfide) groups is 2. The van der Waals surface area contributed by atoms with E-state index in [9.17, 15) is 9.59 Å². The number of amides is 1. The molecule has 0 spiro atoms. The second-order valence-electron chi connectivity index (χ2n) is 11.1. The number of benzene rings is 1. The van der Waals surface area contributed by atoms with E-state index in [0.717, 1.165) is 4.90 Å². The van der Waals surface area contributed by atoms with Crippen molar-refractivity contribution in [2.24, 2.45) is 0 Å². The molecule has 43 heavy (non-hydrogen) atoms. The van der Waals surface area contributed by atoms with Gasteiger partial charge in [0.1, 0.15) is 17.3 Å². The minimum atomic E-state index is -0.706. The molecule has 12 heteroatoms. The number of pyridine rings is 2. The van der Waals surface area contributed by atoms with Crippen LogP contribution < -0.4 is 10.6 Å². The normalized spacial score (nSPS) is 19.4. The van der Waals surface area contributed by atoms with Crippen LogP contribution in [0.25, 0.3) is 28.0 Å². The molecule has 2 aliphatic heterocycles. The van der Waals surface area contributed by atoms with Crippen molar-refractivity contribution >= 4 is 46.3 Å². The molecule has 0 radical (unpaired) electrons. The summed E-state index contributed by atoms with van der Waals surface area (Å²) >= 11 is 3.02. The Morgan fingerprint density at radius 3 is 2.63 bits per heavy atom. The Hall–Kier alpha value is -3.77. The Morgan fingerprint density at radius 2 is 1.86 bits per heavy atom. The maximum Gasteiger partial charge on any atom is 0.355 e. The van der Waals surface area contributed by atoms with Crippen LogP contribution in [0.15, 0.2) is 63.8 Å². The molecular formula is C31H28F2N6O2S2. The second-order valence-corrected chi connectivity index (χ2v) is 13.3. The Bertz CT molecular complexity index is 1880. The van der Waals surface area contributed by atoms with Crippen LogP contribution in [-0.2, 0) is 4.79 Å². The first kappa shape index (κ1) is 28.0. The molecule has 0 unspecified atom stereocenters. The quantitative estimate of drug-likeness (QED) is 0.282. The summed E-state index contributed by atoms with van der Waals surface area (Å²) in [5.41, 5.74) is 0.770. The Morgan fingerprint density at radius 1 is 1.07 bits per heavy atom. The summed E-state index contributed by atoms with van der Waals surface area (Å²) in [4.78, 5) is 45.6. The number of hydrogen-bond acceptors (Lipinski definition) is 8. The first-order chi connectivity index (χ1) is 20.8. The van der Waals surface area contributed by atoms with Crippen molar-refractivity contribution in [3.05, 3.63) is 77.0 Å². The summed E-state index contributed by atoms with van der Waals surface area (Å²) in [6.07, 6.45) is 3.74. The average molecular weight is 619 g/mol. The largest absolute Gasteiger partial charge is 0.355 e. The number of anilines is 1. The van der Waals surface area contributed by atoms with Gasteiger partial charge < -0.3 is 9.80 Å². The fourth-order valence-corrected chi connectivity index (χ4v) is 8.22. The Kier molecular flexibility index (Phi) is 7.00. The summed E-state index contributed by atoms with van der Waals surface area (Å²) in [5.74, 6) is 0.137. The van der Waals surface area contributed by atoms with Gasteiger partial charge in [-0.3, -0.25) is 9.78 Å². The zero-order chi connectivity index (χ0) is 30.0. The molecule has 1 amide bonds. The third kappa shape index (κ3) is 4.62. The molecule has 1 aromatic carbocycles. The standard InChI is InChI=1S/C31H28F2N6O2S2/c1-4-24(40)37-10-11-38(21-15-20(21)37)29-17-14-19(33)27-25-18(32)6-5-7-22(25)42-12-13-43-23-8-9-34-26(16(2)3)28(23)39(30(17)35-27)31(41)36-29/h4-9,14,16,20-21H,1,10-13,15H2,2-3H3/t20-,21+/m1/s1. The molecule has 0 N–H and O–H groups in total. The maximum absolute atomic E-state index is 16.2. The molecule has 2 bridgehead atoms. The molecule has 5 heterocycles. The lowest BCUT2D eigenvalue weighted by Crippen LogP contribution is -2.49. The van der Waals surface area contributed by atoms with E-state index in [0.29, 0.717) is 58.5 Å². The number of piperazine rings is 1. The van der Waals surface area contributed by atoms with E-state index in [4.69, 9.17) is 4.98 Å². The highest BCUT2D eigenvalue weighted by molar-refractivity contribution is 8.03. The van der Waals surface area contributed by atoms with Crippen molar-refractivity contribution in [3.8, 4) is 16.9 Å². The topological polar surface area (TPSA) is 84.2 Å². The average Bonchev–Trinajstić information content (AvgIpc) is 3.79. The SMILES string of the molecule is C=CC(=O)N1CCN(c2nc(=O)n3c4nc(c(F)cc24)-c2c(F)cccc2SCCSc2ccnc(C(C)C)c2-3)[C@H]2C[C@H]21. The molecule has 1 saturated carbocycles. The Balaban J connectivity index is 1.53. The minimum Gasteiger partial charge on any atom is -0.349 e. The van der Waals surface area contributed by atoms with Crippen molar-refractivity contribution in [1.29, 1.82) is 0 Å². The van der Waals surface area contributed by atoms with Crippen LogP contribution in [-0.4, -0.2) is 67.0 Å². The van der Waals surface area contributed by atoms with E-state index >= 15 is 8.78 Å². The monoisotopic (exact) mass is 618 g/mol. The van der Waals surface area contributed by atoms with Crippen LogP contribution >= 0.6 is 23.5 Å². The van der Waals surface area contributed by atoms with Gasteiger partial charge in [-0.15, -0.1) is 23.5 Å². The van der Waals surface area contributed by atoms with Crippen LogP contribution in [0.1, 0.15) is 31.9 Å². The fourth-order valence-electron chi connectivity index (χ4n) is 6.11. The van der Waals surface area contributed by atoms with E-state index in [1.165, 1.54) is 34.5 Å². The van der Waals surface area contributed by atoms with Gasteiger partial charge >= 0.3 is 5.69 Å². The van der Waals surface area contributed by atoms with Gasteiger partial charge in [-0.1, -0.05) is 26.5 Å². The summed E-state index contributed by atoms with van der Waals surface area (Å²) in [6.45, 7) is 8.43. The lowest BCUT2D eigenvalue weighted by Gasteiger charge is -2.35. The van der Waals surface area contributed by atoms with Gasteiger partial charge in [0.05, 0.1) is 34.4 Å². The third-order valence-corrected chi connectivity index (χ3v) is 10.5. The van der Waals surface area contributed by atoms with E-state index < -0.39 is 17.3 Å². The van der Waals surface area contributed by atoms with E-state index in [1.807, 2.05) is 24.8 Å². The van der Waals surface area contributed by atoms with Crippen LogP contribution in [0, 0.1) is 11.6 Å². The number of rotatable bonds is 3. The molecule has 2 fully saturated rings. The first-order valence-electron chi connectivity index (χ1n) is 14.1. The highest BCUT2D eigenvalue weighted by Gasteiger charge is 2.51. The highest BCUT2D eigenvalue weighted by Crippen LogP contribution is 2.43. The van der Waals surface area contributed by atoms with Crippen LogP contribution in [0.2, 0.25) is 0 Å². The molecule has 2 atom stereocenters. The second kappa shape index (κ2) is 10.7. The van der Waals surface area contributed by atoms with Gasteiger partial charge in [-0.25, -0.2) is 23.1 Å². The molecule has 7 rings (SSSR count). The zero-order valence-electron chi connectivity index (χ0n) is 23.6. The van der Waals surface area contributed by atoms with Gasteiger partial charge in [0.2, 0.25) is 5.91 Å². The maximum atomic E-state index is 16.2. The molecule has 8 nitrogen and oxygen atoms in total. The van der Waals surface area contributed by atoms with Gasteiger partial charge in [-0.2, -0.15) is 4.98 Å². The van der Waals surface area contributed by atoms with Gasteiger partial charge in [0.15, 0.2) is 11.5 Å². The molecule has 3 aliphatic rings. The molecule has 1 saturated heterocycles. The lowest BCUT2D eigenvalue weighted by atomic mass is 10.1. The number of hydrogen-bond donors (Lipinski definition) is 0. The van der Waals surface area contributed by atoms with Crippen LogP contribution in [0.4, 0.5) is 14.6 Å². The predicted molar refractivity (Wildman–Crippen MR) is 165 cm³/mol. The third-order valence-electron chi connectivity index (χ3n) is 8.13. The Labute approximate surface area is 255 Å². The van der Waals surface area contributed by atoms with Crippen molar-refractivity contribution in [3.63, 3.8) is 0 Å². The summed E-state index contributed by atoms with van der Waals surface area (Å²) in [6, 6.07) is 7.75. The van der Waals surface area contributed by atoms with E-state index in [2.05, 4.69) is 16.5 Å². The summed E-state index contributed by atoms with van der Waals surface area (Å²) < 4.78 is 33.0. The molecule has 3 aromatic heterocycles. The van der Waals surface area contributed by atoms with E-state index in [1.54, 1.807) is 35.0 Å². The highest BCUT2D eigenvalue weighted by atomic mass is 32.2. The number of aromatic nitrogens is 4. The number of nitrogens with zero attached hydrogens (tertiary/aromatic N) is 6. The summed E-state index contributed by atoms with van der Waals surface area (Å²) in [5, 5.41) is 0.340. The molecule has 4 aromatic rings. The van der Waals surface area contributed by atoms with E-state index in [-0.39, 0.29) is 40.8 Å². The zero-order valence-corrected chi connectivity index (χ0v) is 25.2. The van der Waals surface area contributed by atoms with Crippen LogP contribution in [0.3, 0.4) is 0 Å². The molecule has 1 aliphatic carbocycles. The van der Waals surface area contributed by atoms with Gasteiger partial charge in [-0.05, 0) is 42.7 Å². The fraction of sp³-hybridized carbons (Fsp3) is 0.323. The molecule has 220 valence electrons. The number of carbonyl (C=O) groups is 1. The number of carbonyl (C=O) groups excluding carboxylic acids is 1. The van der Waals surface area contributed by atoms with Gasteiger partial charge in [0.25, 0.3) is 0 Å². The number of fused-ring (bicyclic) bond motifs is 6. The first-order valence-corrected chi connectivity index (χ1v) is 16.1. The van der Waals surface area contributed by atoms with Crippen molar-refractivity contribution in [2.45, 2.75) is 48.1 Å². The lowest BCUT2D eigenvalue weighted by molar-refractivity contribution is -0.126. The summed E-state index contributed by atoms with van der Waals surface area (Å²) in [7, 11) is 0.